The van der Waals surface area contributed by atoms with E-state index in [1.165, 1.54) is 4.90 Å². The predicted molar refractivity (Wildman–Crippen MR) is 63.7 cm³/mol. The highest BCUT2D eigenvalue weighted by atomic mass is 19.3. The van der Waals surface area contributed by atoms with E-state index in [1.807, 2.05) is 30.3 Å². The SMILES string of the molecule is O=C(OCc1ccccc1)N1CC[C@H](OC(F)F)C1. The zero-order valence-corrected chi connectivity index (χ0v) is 10.3. The third-order valence-electron chi connectivity index (χ3n) is 2.90. The van der Waals surface area contributed by atoms with Gasteiger partial charge in [0.15, 0.2) is 0 Å². The Morgan fingerprint density at radius 2 is 2.11 bits per heavy atom. The topological polar surface area (TPSA) is 38.8 Å². The molecule has 2 rings (SSSR count). The van der Waals surface area contributed by atoms with Crippen LogP contribution in [0.5, 0.6) is 0 Å². The molecule has 1 aliphatic heterocycles. The first-order valence-electron chi connectivity index (χ1n) is 6.04. The monoisotopic (exact) mass is 271 g/mol. The van der Waals surface area contributed by atoms with Crippen LogP contribution in [0.25, 0.3) is 0 Å². The molecule has 1 fully saturated rings. The number of carbonyl (C=O) groups excluding carboxylic acids is 1. The summed E-state index contributed by atoms with van der Waals surface area (Å²) in [6, 6.07) is 9.27. The normalized spacial score (nSPS) is 18.9. The van der Waals surface area contributed by atoms with Crippen molar-refractivity contribution in [2.45, 2.75) is 25.7 Å². The molecule has 1 atom stereocenters. The van der Waals surface area contributed by atoms with Crippen molar-refractivity contribution in [1.82, 2.24) is 4.90 Å². The molecule has 0 N–H and O–H groups in total. The molecule has 6 heteroatoms. The summed E-state index contributed by atoms with van der Waals surface area (Å²) in [7, 11) is 0. The van der Waals surface area contributed by atoms with Gasteiger partial charge in [-0.05, 0) is 12.0 Å². The average Bonchev–Trinajstić information content (AvgIpc) is 2.85. The minimum absolute atomic E-state index is 0.151. The number of rotatable bonds is 4. The van der Waals surface area contributed by atoms with E-state index in [0.717, 1.165) is 5.56 Å². The van der Waals surface area contributed by atoms with Gasteiger partial charge in [-0.25, -0.2) is 4.79 Å². The number of likely N-dealkylation sites (tertiary alicyclic amines) is 1. The summed E-state index contributed by atoms with van der Waals surface area (Å²) < 4.78 is 33.5. The highest BCUT2D eigenvalue weighted by molar-refractivity contribution is 5.68. The molecule has 0 bridgehead atoms. The molecule has 1 heterocycles. The lowest BCUT2D eigenvalue weighted by atomic mass is 10.2. The molecule has 0 spiro atoms. The van der Waals surface area contributed by atoms with Gasteiger partial charge in [0.1, 0.15) is 6.61 Å². The van der Waals surface area contributed by atoms with E-state index in [2.05, 4.69) is 4.74 Å². The van der Waals surface area contributed by atoms with Crippen molar-refractivity contribution >= 4 is 6.09 Å². The number of alkyl halides is 2. The van der Waals surface area contributed by atoms with Gasteiger partial charge < -0.3 is 14.4 Å². The number of carbonyl (C=O) groups is 1. The Morgan fingerprint density at radius 3 is 2.79 bits per heavy atom. The average molecular weight is 271 g/mol. The first-order valence-corrected chi connectivity index (χ1v) is 6.04. The fraction of sp³-hybridized carbons (Fsp3) is 0.462. The van der Waals surface area contributed by atoms with Crippen LogP contribution >= 0.6 is 0 Å². The zero-order chi connectivity index (χ0) is 13.7. The van der Waals surface area contributed by atoms with Crippen molar-refractivity contribution in [3.05, 3.63) is 35.9 Å². The summed E-state index contributed by atoms with van der Waals surface area (Å²) >= 11 is 0. The van der Waals surface area contributed by atoms with E-state index >= 15 is 0 Å². The highest BCUT2D eigenvalue weighted by Gasteiger charge is 2.29. The summed E-state index contributed by atoms with van der Waals surface area (Å²) in [5, 5.41) is 0. The molecule has 4 nitrogen and oxygen atoms in total. The number of hydrogen-bond donors (Lipinski definition) is 0. The van der Waals surface area contributed by atoms with Crippen LogP contribution in [0.4, 0.5) is 13.6 Å². The van der Waals surface area contributed by atoms with Crippen molar-refractivity contribution in [3.8, 4) is 0 Å². The molecule has 1 aromatic rings. The Bertz CT molecular complexity index is 414. The van der Waals surface area contributed by atoms with Crippen molar-refractivity contribution in [3.63, 3.8) is 0 Å². The molecule has 19 heavy (non-hydrogen) atoms. The van der Waals surface area contributed by atoms with Crippen molar-refractivity contribution in [2.75, 3.05) is 13.1 Å². The Labute approximate surface area is 109 Å². The number of amides is 1. The van der Waals surface area contributed by atoms with Crippen molar-refractivity contribution in [2.24, 2.45) is 0 Å². The van der Waals surface area contributed by atoms with E-state index in [1.54, 1.807) is 0 Å². The number of hydrogen-bond acceptors (Lipinski definition) is 3. The summed E-state index contributed by atoms with van der Waals surface area (Å²) in [6.45, 7) is -2.09. The smallest absolute Gasteiger partial charge is 0.410 e. The quantitative estimate of drug-likeness (QED) is 0.845. The van der Waals surface area contributed by atoms with E-state index in [-0.39, 0.29) is 13.2 Å². The maximum Gasteiger partial charge on any atom is 0.410 e. The third kappa shape index (κ3) is 4.17. The summed E-state index contributed by atoms with van der Waals surface area (Å²) in [4.78, 5) is 13.1. The maximum atomic E-state index is 12.0. The summed E-state index contributed by atoms with van der Waals surface area (Å²) in [5.74, 6) is 0. The second kappa shape index (κ2) is 6.47. The summed E-state index contributed by atoms with van der Waals surface area (Å²) in [6.07, 6.45) is -0.696. The van der Waals surface area contributed by atoms with Gasteiger partial charge >= 0.3 is 12.7 Å². The molecule has 0 radical (unpaired) electrons. The van der Waals surface area contributed by atoms with Gasteiger partial charge in [0.2, 0.25) is 0 Å². The molecule has 0 unspecified atom stereocenters. The second-order valence-electron chi connectivity index (χ2n) is 4.29. The fourth-order valence-corrected chi connectivity index (χ4v) is 1.96. The molecule has 0 aromatic heterocycles. The van der Waals surface area contributed by atoms with Gasteiger partial charge in [-0.1, -0.05) is 30.3 Å². The molecule has 1 amide bonds. The van der Waals surface area contributed by atoms with Crippen LogP contribution in [-0.4, -0.2) is 36.8 Å². The fourth-order valence-electron chi connectivity index (χ4n) is 1.96. The first-order chi connectivity index (χ1) is 9.15. The number of halogens is 2. The number of nitrogens with zero attached hydrogens (tertiary/aromatic N) is 1. The number of ether oxygens (including phenoxy) is 2. The predicted octanol–water partition coefficient (Wildman–Crippen LogP) is 2.64. The lowest BCUT2D eigenvalue weighted by molar-refractivity contribution is -0.158. The maximum absolute atomic E-state index is 12.0. The van der Waals surface area contributed by atoms with Crippen LogP contribution in [-0.2, 0) is 16.1 Å². The largest absolute Gasteiger partial charge is 0.445 e. The van der Waals surface area contributed by atoms with Crippen LogP contribution < -0.4 is 0 Å². The number of benzene rings is 1. The molecule has 1 aliphatic rings. The first kappa shape index (κ1) is 13.7. The summed E-state index contributed by atoms with van der Waals surface area (Å²) in [5.41, 5.74) is 0.885. The van der Waals surface area contributed by atoms with Crippen molar-refractivity contribution < 1.29 is 23.0 Å². The van der Waals surface area contributed by atoms with Crippen molar-refractivity contribution in [1.29, 1.82) is 0 Å². The highest BCUT2D eigenvalue weighted by Crippen LogP contribution is 2.16. The minimum Gasteiger partial charge on any atom is -0.445 e. The molecule has 0 saturated carbocycles. The van der Waals surface area contributed by atoms with Gasteiger partial charge in [0, 0.05) is 6.54 Å². The molecule has 1 aromatic carbocycles. The molecule has 0 aliphatic carbocycles. The van der Waals surface area contributed by atoms with Gasteiger partial charge in [0.05, 0.1) is 12.6 Å². The standard InChI is InChI=1S/C13H15F2NO3/c14-12(15)19-11-6-7-16(8-11)13(17)18-9-10-4-2-1-3-5-10/h1-5,11-12H,6-9H2/t11-/m0/s1. The molecule has 1 saturated heterocycles. The van der Waals surface area contributed by atoms with Crippen LogP contribution in [0.15, 0.2) is 30.3 Å². The minimum atomic E-state index is -2.80. The van der Waals surface area contributed by atoms with Crippen LogP contribution in [0.2, 0.25) is 0 Å². The van der Waals surface area contributed by atoms with E-state index < -0.39 is 18.8 Å². The van der Waals surface area contributed by atoms with Gasteiger partial charge in [0.25, 0.3) is 0 Å². The lowest BCUT2D eigenvalue weighted by Gasteiger charge is -2.16. The van der Waals surface area contributed by atoms with Gasteiger partial charge in [-0.2, -0.15) is 8.78 Å². The molecule has 104 valence electrons. The van der Waals surface area contributed by atoms with Gasteiger partial charge in [-0.15, -0.1) is 0 Å². The Kier molecular flexibility index (Phi) is 4.68. The Morgan fingerprint density at radius 1 is 1.37 bits per heavy atom. The third-order valence-corrected chi connectivity index (χ3v) is 2.90. The molecular weight excluding hydrogens is 256 g/mol. The van der Waals surface area contributed by atoms with E-state index in [9.17, 15) is 13.6 Å². The Balaban J connectivity index is 1.75. The van der Waals surface area contributed by atoms with E-state index in [0.29, 0.717) is 13.0 Å². The van der Waals surface area contributed by atoms with Gasteiger partial charge in [-0.3, -0.25) is 0 Å². The second-order valence-corrected chi connectivity index (χ2v) is 4.29. The molecular formula is C13H15F2NO3. The van der Waals surface area contributed by atoms with Crippen LogP contribution in [0, 0.1) is 0 Å². The van der Waals surface area contributed by atoms with Crippen LogP contribution in [0.1, 0.15) is 12.0 Å². The Hall–Kier alpha value is -1.69. The van der Waals surface area contributed by atoms with Crippen LogP contribution in [0.3, 0.4) is 0 Å². The lowest BCUT2D eigenvalue weighted by Crippen LogP contribution is -2.31. The van der Waals surface area contributed by atoms with E-state index in [4.69, 9.17) is 4.74 Å². The zero-order valence-electron chi connectivity index (χ0n) is 10.3.